The van der Waals surface area contributed by atoms with Crippen molar-refractivity contribution in [3.05, 3.63) is 60.2 Å². The van der Waals surface area contributed by atoms with Gasteiger partial charge in [-0.1, -0.05) is 35.5 Å². The number of aromatic nitrogens is 2. The maximum atomic E-state index is 12.1. The van der Waals surface area contributed by atoms with Crippen LogP contribution in [0.25, 0.3) is 0 Å². The minimum atomic E-state index is -0.728. The summed E-state index contributed by atoms with van der Waals surface area (Å²) in [5, 5.41) is 14.5. The Balaban J connectivity index is 2.24. The number of rotatable bonds is 4. The van der Waals surface area contributed by atoms with Crippen LogP contribution < -0.4 is 11.1 Å². The molecule has 1 heterocycles. The highest BCUT2D eigenvalue weighted by Gasteiger charge is 2.20. The Bertz CT molecular complexity index is 601. The van der Waals surface area contributed by atoms with Crippen molar-refractivity contribution in [2.75, 3.05) is 0 Å². The fourth-order valence-electron chi connectivity index (χ4n) is 1.66. The van der Waals surface area contributed by atoms with Gasteiger partial charge in [0.15, 0.2) is 5.84 Å². The van der Waals surface area contributed by atoms with Crippen molar-refractivity contribution in [2.24, 2.45) is 10.9 Å². The molecule has 1 unspecified atom stereocenters. The molecule has 1 atom stereocenters. The number of amidine groups is 1. The maximum absolute atomic E-state index is 12.1. The summed E-state index contributed by atoms with van der Waals surface area (Å²) in [5.41, 5.74) is 6.62. The smallest absolute Gasteiger partial charge is 0.255 e. The Morgan fingerprint density at radius 3 is 2.50 bits per heavy atom. The van der Waals surface area contributed by atoms with E-state index in [4.69, 9.17) is 10.9 Å². The first-order chi connectivity index (χ1) is 9.72. The van der Waals surface area contributed by atoms with Gasteiger partial charge in [-0.25, -0.2) is 9.97 Å². The van der Waals surface area contributed by atoms with Gasteiger partial charge in [-0.2, -0.15) is 0 Å². The van der Waals surface area contributed by atoms with Crippen LogP contribution in [-0.4, -0.2) is 26.9 Å². The second kappa shape index (κ2) is 6.28. The lowest BCUT2D eigenvalue weighted by Gasteiger charge is -2.17. The second-order valence-electron chi connectivity index (χ2n) is 3.97. The van der Waals surface area contributed by atoms with E-state index in [0.29, 0.717) is 11.1 Å². The van der Waals surface area contributed by atoms with E-state index in [1.807, 2.05) is 6.07 Å². The maximum Gasteiger partial charge on any atom is 0.255 e. The molecule has 0 bridgehead atoms. The number of nitrogens with zero attached hydrogens (tertiary/aromatic N) is 3. The molecule has 2 rings (SSSR count). The van der Waals surface area contributed by atoms with E-state index in [1.54, 1.807) is 24.3 Å². The van der Waals surface area contributed by atoms with Crippen LogP contribution in [0.1, 0.15) is 22.0 Å². The van der Waals surface area contributed by atoms with Crippen molar-refractivity contribution in [3.63, 3.8) is 0 Å². The standard InChI is InChI=1S/C13H13N5O2/c14-12(18-20)11(9-4-2-1-3-5-9)17-13(19)10-6-15-8-16-7-10/h1-8,11,20H,(H2,14,18)(H,17,19). The molecule has 1 aromatic heterocycles. The van der Waals surface area contributed by atoms with Gasteiger partial charge in [0.25, 0.3) is 5.91 Å². The highest BCUT2D eigenvalue weighted by molar-refractivity contribution is 5.98. The zero-order chi connectivity index (χ0) is 14.4. The number of hydrogen-bond donors (Lipinski definition) is 3. The molecule has 1 amide bonds. The Kier molecular flexibility index (Phi) is 4.23. The number of amides is 1. The lowest BCUT2D eigenvalue weighted by atomic mass is 10.1. The van der Waals surface area contributed by atoms with Gasteiger partial charge in [-0.05, 0) is 5.56 Å². The third-order valence-electron chi connectivity index (χ3n) is 2.64. The number of nitrogens with two attached hydrogens (primary N) is 1. The number of benzene rings is 1. The van der Waals surface area contributed by atoms with Crippen LogP contribution in [0.4, 0.5) is 0 Å². The summed E-state index contributed by atoms with van der Waals surface area (Å²) >= 11 is 0. The molecule has 20 heavy (non-hydrogen) atoms. The average molecular weight is 271 g/mol. The van der Waals surface area contributed by atoms with Crippen LogP contribution in [0.3, 0.4) is 0 Å². The van der Waals surface area contributed by atoms with Crippen molar-refractivity contribution in [3.8, 4) is 0 Å². The quantitative estimate of drug-likeness (QED) is 0.328. The summed E-state index contributed by atoms with van der Waals surface area (Å²) < 4.78 is 0. The molecule has 0 radical (unpaired) electrons. The molecule has 0 aliphatic carbocycles. The van der Waals surface area contributed by atoms with E-state index in [2.05, 4.69) is 20.4 Å². The van der Waals surface area contributed by atoms with Gasteiger partial charge in [-0.15, -0.1) is 0 Å². The predicted octanol–water partition coefficient (Wildman–Crippen LogP) is 0.694. The number of carbonyl (C=O) groups excluding carboxylic acids is 1. The van der Waals surface area contributed by atoms with Gasteiger partial charge < -0.3 is 16.3 Å². The van der Waals surface area contributed by atoms with Crippen molar-refractivity contribution in [2.45, 2.75) is 6.04 Å². The van der Waals surface area contributed by atoms with Crippen molar-refractivity contribution in [1.29, 1.82) is 0 Å². The van der Waals surface area contributed by atoms with Crippen LogP contribution >= 0.6 is 0 Å². The monoisotopic (exact) mass is 271 g/mol. The third kappa shape index (κ3) is 3.08. The summed E-state index contributed by atoms with van der Waals surface area (Å²) in [7, 11) is 0. The van der Waals surface area contributed by atoms with Gasteiger partial charge in [-0.3, -0.25) is 4.79 Å². The highest BCUT2D eigenvalue weighted by atomic mass is 16.4. The van der Waals surface area contributed by atoms with Gasteiger partial charge >= 0.3 is 0 Å². The van der Waals surface area contributed by atoms with Gasteiger partial charge in [0.2, 0.25) is 0 Å². The summed E-state index contributed by atoms with van der Waals surface area (Å²) in [6, 6.07) is 8.23. The van der Waals surface area contributed by atoms with Crippen LogP contribution in [-0.2, 0) is 0 Å². The number of carbonyl (C=O) groups is 1. The van der Waals surface area contributed by atoms with Crippen LogP contribution in [0.15, 0.2) is 54.2 Å². The van der Waals surface area contributed by atoms with E-state index < -0.39 is 11.9 Å². The van der Waals surface area contributed by atoms with Gasteiger partial charge in [0, 0.05) is 12.4 Å². The summed E-state index contributed by atoms with van der Waals surface area (Å²) in [6.45, 7) is 0. The first kappa shape index (κ1) is 13.5. The third-order valence-corrected chi connectivity index (χ3v) is 2.64. The molecule has 0 saturated heterocycles. The molecule has 2 aromatic rings. The molecule has 0 aliphatic rings. The largest absolute Gasteiger partial charge is 0.409 e. The first-order valence-corrected chi connectivity index (χ1v) is 5.80. The molecule has 0 spiro atoms. The van der Waals surface area contributed by atoms with E-state index in [-0.39, 0.29) is 5.84 Å². The molecule has 7 nitrogen and oxygen atoms in total. The van der Waals surface area contributed by atoms with Gasteiger partial charge in [0.1, 0.15) is 12.4 Å². The second-order valence-corrected chi connectivity index (χ2v) is 3.97. The normalized spacial score (nSPS) is 12.7. The van der Waals surface area contributed by atoms with Crippen molar-refractivity contribution >= 4 is 11.7 Å². The lowest BCUT2D eigenvalue weighted by molar-refractivity contribution is 0.0945. The molecular weight excluding hydrogens is 258 g/mol. The fraction of sp³-hybridized carbons (Fsp3) is 0.0769. The SMILES string of the molecule is N/C(=N/O)C(NC(=O)c1cncnc1)c1ccccc1. The highest BCUT2D eigenvalue weighted by Crippen LogP contribution is 2.13. The van der Waals surface area contributed by atoms with Crippen molar-refractivity contribution in [1.82, 2.24) is 15.3 Å². The van der Waals surface area contributed by atoms with Gasteiger partial charge in [0.05, 0.1) is 5.56 Å². The predicted molar refractivity (Wildman–Crippen MR) is 72.1 cm³/mol. The zero-order valence-electron chi connectivity index (χ0n) is 10.5. The Hall–Kier alpha value is -2.96. The minimum Gasteiger partial charge on any atom is -0.409 e. The molecule has 102 valence electrons. The number of nitrogens with one attached hydrogen (secondary N) is 1. The minimum absolute atomic E-state index is 0.110. The molecule has 0 fully saturated rings. The number of hydrogen-bond acceptors (Lipinski definition) is 5. The van der Waals surface area contributed by atoms with E-state index in [9.17, 15) is 4.79 Å². The Morgan fingerprint density at radius 2 is 1.90 bits per heavy atom. The fourth-order valence-corrected chi connectivity index (χ4v) is 1.66. The molecule has 0 saturated carbocycles. The topological polar surface area (TPSA) is 113 Å². The average Bonchev–Trinajstić information content (AvgIpc) is 2.53. The molecule has 0 aliphatic heterocycles. The summed E-state index contributed by atoms with van der Waals surface area (Å²) in [4.78, 5) is 19.6. The van der Waals surface area contributed by atoms with Crippen LogP contribution in [0, 0.1) is 0 Å². The number of oxime groups is 1. The zero-order valence-corrected chi connectivity index (χ0v) is 10.5. The molecule has 1 aromatic carbocycles. The summed E-state index contributed by atoms with van der Waals surface area (Å²) in [6.07, 6.45) is 4.10. The van der Waals surface area contributed by atoms with E-state index >= 15 is 0 Å². The summed E-state index contributed by atoms with van der Waals surface area (Å²) in [5.74, 6) is -0.521. The van der Waals surface area contributed by atoms with E-state index in [1.165, 1.54) is 18.7 Å². The molecular formula is C13H13N5O2. The van der Waals surface area contributed by atoms with E-state index in [0.717, 1.165) is 0 Å². The first-order valence-electron chi connectivity index (χ1n) is 5.80. The van der Waals surface area contributed by atoms with Crippen LogP contribution in [0.5, 0.6) is 0 Å². The lowest BCUT2D eigenvalue weighted by Crippen LogP contribution is -2.37. The molecule has 7 heteroatoms. The molecule has 4 N–H and O–H groups in total. The van der Waals surface area contributed by atoms with Crippen LogP contribution in [0.2, 0.25) is 0 Å². The van der Waals surface area contributed by atoms with Crippen molar-refractivity contribution < 1.29 is 10.0 Å². The Morgan fingerprint density at radius 1 is 1.25 bits per heavy atom. The Labute approximate surface area is 115 Å².